The van der Waals surface area contributed by atoms with Gasteiger partial charge in [0.15, 0.2) is 0 Å². The van der Waals surface area contributed by atoms with Gasteiger partial charge in [-0.25, -0.2) is 4.98 Å². The molecule has 0 aliphatic rings. The lowest BCUT2D eigenvalue weighted by Crippen LogP contribution is -1.91. The van der Waals surface area contributed by atoms with Crippen LogP contribution in [0.2, 0.25) is 0 Å². The minimum Gasteiger partial charge on any atom is -0.457 e. The molecule has 0 atom stereocenters. The Morgan fingerprint density at radius 2 is 1.91 bits per heavy atom. The van der Waals surface area contributed by atoms with E-state index in [0.717, 1.165) is 27.9 Å². The zero-order valence-corrected chi connectivity index (χ0v) is 12.9. The SMILES string of the molecule is Cc1csc(NN=Cc2cccc(Oc3ccccc3)c2)n1. The molecule has 3 aromatic rings. The van der Waals surface area contributed by atoms with E-state index in [9.17, 15) is 0 Å². The molecule has 0 fully saturated rings. The van der Waals surface area contributed by atoms with Crippen LogP contribution in [0.15, 0.2) is 65.1 Å². The predicted molar refractivity (Wildman–Crippen MR) is 91.0 cm³/mol. The third kappa shape index (κ3) is 3.93. The number of hydrogen-bond acceptors (Lipinski definition) is 5. The molecule has 0 saturated carbocycles. The van der Waals surface area contributed by atoms with Crippen LogP contribution in [0, 0.1) is 6.92 Å². The van der Waals surface area contributed by atoms with Crippen molar-refractivity contribution in [2.45, 2.75) is 6.92 Å². The predicted octanol–water partition coefficient (Wildman–Crippen LogP) is 4.69. The molecule has 0 radical (unpaired) electrons. The van der Waals surface area contributed by atoms with Crippen LogP contribution in [0.3, 0.4) is 0 Å². The number of aryl methyl sites for hydroxylation is 1. The topological polar surface area (TPSA) is 46.5 Å². The second-order valence-electron chi connectivity index (χ2n) is 4.65. The largest absolute Gasteiger partial charge is 0.457 e. The first kappa shape index (κ1) is 14.3. The number of ether oxygens (including phenoxy) is 1. The molecule has 2 aromatic carbocycles. The molecule has 1 N–H and O–H groups in total. The first-order chi connectivity index (χ1) is 10.8. The number of thiazole rings is 1. The fourth-order valence-corrected chi connectivity index (χ4v) is 2.49. The highest BCUT2D eigenvalue weighted by Crippen LogP contribution is 2.21. The molecule has 0 saturated heterocycles. The van der Waals surface area contributed by atoms with E-state index in [1.165, 1.54) is 11.3 Å². The number of hydrogen-bond donors (Lipinski definition) is 1. The lowest BCUT2D eigenvalue weighted by molar-refractivity contribution is 0.482. The van der Waals surface area contributed by atoms with Crippen molar-refractivity contribution < 1.29 is 4.74 Å². The first-order valence-electron chi connectivity index (χ1n) is 6.84. The number of hydrazone groups is 1. The van der Waals surface area contributed by atoms with Gasteiger partial charge in [0.05, 0.1) is 11.9 Å². The van der Waals surface area contributed by atoms with Crippen molar-refractivity contribution in [2.75, 3.05) is 5.43 Å². The summed E-state index contributed by atoms with van der Waals surface area (Å²) in [5.74, 6) is 1.59. The van der Waals surface area contributed by atoms with E-state index in [0.29, 0.717) is 0 Å². The van der Waals surface area contributed by atoms with Gasteiger partial charge in [-0.3, -0.25) is 5.43 Å². The highest BCUT2D eigenvalue weighted by molar-refractivity contribution is 7.13. The molecule has 0 aliphatic heterocycles. The summed E-state index contributed by atoms with van der Waals surface area (Å²) in [6.45, 7) is 1.95. The standard InChI is InChI=1S/C17H15N3OS/c1-13-12-22-17(19-13)20-18-11-14-6-5-9-16(10-14)21-15-7-3-2-4-8-15/h2-12H,1H3,(H,19,20). The lowest BCUT2D eigenvalue weighted by atomic mass is 10.2. The average molecular weight is 309 g/mol. The lowest BCUT2D eigenvalue weighted by Gasteiger charge is -2.05. The van der Waals surface area contributed by atoms with Crippen molar-refractivity contribution in [1.29, 1.82) is 0 Å². The van der Waals surface area contributed by atoms with Crippen molar-refractivity contribution >= 4 is 22.7 Å². The van der Waals surface area contributed by atoms with Crippen LogP contribution < -0.4 is 10.2 Å². The molecule has 4 nitrogen and oxygen atoms in total. The third-order valence-corrected chi connectivity index (χ3v) is 3.69. The van der Waals surface area contributed by atoms with E-state index < -0.39 is 0 Å². The molecule has 3 rings (SSSR count). The minimum absolute atomic E-state index is 0.778. The summed E-state index contributed by atoms with van der Waals surface area (Å²) in [5.41, 5.74) is 4.86. The second kappa shape index (κ2) is 6.87. The van der Waals surface area contributed by atoms with Crippen LogP contribution in [0.25, 0.3) is 0 Å². The van der Waals surface area contributed by atoms with Crippen LogP contribution in [0.1, 0.15) is 11.3 Å². The van der Waals surface area contributed by atoms with Gasteiger partial charge in [0.1, 0.15) is 11.5 Å². The van der Waals surface area contributed by atoms with Gasteiger partial charge in [-0.05, 0) is 36.8 Å². The monoisotopic (exact) mass is 309 g/mol. The minimum atomic E-state index is 0.778. The quantitative estimate of drug-likeness (QED) is 0.549. The first-order valence-corrected chi connectivity index (χ1v) is 7.72. The maximum atomic E-state index is 5.79. The van der Waals surface area contributed by atoms with Crippen molar-refractivity contribution in [3.05, 3.63) is 71.2 Å². The number of anilines is 1. The zero-order chi connectivity index (χ0) is 15.2. The van der Waals surface area contributed by atoms with Gasteiger partial charge in [0.2, 0.25) is 5.13 Å². The number of nitrogens with zero attached hydrogens (tertiary/aromatic N) is 2. The summed E-state index contributed by atoms with van der Waals surface area (Å²) in [5, 5.41) is 6.95. The fourth-order valence-electron chi connectivity index (χ4n) is 1.85. The summed E-state index contributed by atoms with van der Waals surface area (Å²) < 4.78 is 5.79. The van der Waals surface area contributed by atoms with Crippen LogP contribution in [-0.4, -0.2) is 11.2 Å². The Kier molecular flexibility index (Phi) is 4.46. The van der Waals surface area contributed by atoms with E-state index in [1.807, 2.05) is 66.9 Å². The average Bonchev–Trinajstić information content (AvgIpc) is 2.94. The second-order valence-corrected chi connectivity index (χ2v) is 5.51. The Morgan fingerprint density at radius 1 is 1.09 bits per heavy atom. The van der Waals surface area contributed by atoms with E-state index in [-0.39, 0.29) is 0 Å². The Hall–Kier alpha value is -2.66. The number of nitrogens with one attached hydrogen (secondary N) is 1. The fraction of sp³-hybridized carbons (Fsp3) is 0.0588. The summed E-state index contributed by atoms with van der Waals surface area (Å²) in [4.78, 5) is 4.28. The van der Waals surface area contributed by atoms with Gasteiger partial charge in [-0.15, -0.1) is 11.3 Å². The summed E-state index contributed by atoms with van der Waals surface area (Å²) >= 11 is 1.53. The zero-order valence-electron chi connectivity index (χ0n) is 12.1. The molecule has 0 bridgehead atoms. The molecule has 110 valence electrons. The van der Waals surface area contributed by atoms with Crippen molar-refractivity contribution in [3.8, 4) is 11.5 Å². The number of para-hydroxylation sites is 1. The van der Waals surface area contributed by atoms with Crippen LogP contribution >= 0.6 is 11.3 Å². The molecule has 1 heterocycles. The molecule has 22 heavy (non-hydrogen) atoms. The number of benzene rings is 2. The van der Waals surface area contributed by atoms with E-state index in [1.54, 1.807) is 6.21 Å². The Balaban J connectivity index is 1.66. The highest BCUT2D eigenvalue weighted by Gasteiger charge is 1.98. The van der Waals surface area contributed by atoms with E-state index >= 15 is 0 Å². The van der Waals surface area contributed by atoms with Gasteiger partial charge < -0.3 is 4.74 Å². The molecule has 0 unspecified atom stereocenters. The van der Waals surface area contributed by atoms with E-state index in [4.69, 9.17) is 4.74 Å². The van der Waals surface area contributed by atoms with Crippen molar-refractivity contribution in [3.63, 3.8) is 0 Å². The third-order valence-electron chi connectivity index (χ3n) is 2.83. The molecular weight excluding hydrogens is 294 g/mol. The summed E-state index contributed by atoms with van der Waals surface area (Å²) in [6, 6.07) is 17.5. The Bertz CT molecular complexity index is 768. The highest BCUT2D eigenvalue weighted by atomic mass is 32.1. The van der Waals surface area contributed by atoms with Crippen molar-refractivity contribution in [2.24, 2.45) is 5.10 Å². The molecular formula is C17H15N3OS. The summed E-state index contributed by atoms with van der Waals surface area (Å²) in [6.07, 6.45) is 1.74. The molecule has 5 heteroatoms. The van der Waals surface area contributed by atoms with Gasteiger partial charge >= 0.3 is 0 Å². The van der Waals surface area contributed by atoms with Gasteiger partial charge in [0, 0.05) is 5.38 Å². The van der Waals surface area contributed by atoms with Gasteiger partial charge in [0.25, 0.3) is 0 Å². The smallest absolute Gasteiger partial charge is 0.203 e. The van der Waals surface area contributed by atoms with Crippen LogP contribution in [-0.2, 0) is 0 Å². The molecule has 0 aliphatic carbocycles. The van der Waals surface area contributed by atoms with Gasteiger partial charge in [-0.1, -0.05) is 30.3 Å². The Labute approximate surface area is 133 Å². The maximum Gasteiger partial charge on any atom is 0.203 e. The van der Waals surface area contributed by atoms with Crippen LogP contribution in [0.4, 0.5) is 5.13 Å². The van der Waals surface area contributed by atoms with Gasteiger partial charge in [-0.2, -0.15) is 5.10 Å². The number of aromatic nitrogens is 1. The maximum absolute atomic E-state index is 5.79. The normalized spacial score (nSPS) is 10.8. The Morgan fingerprint density at radius 3 is 2.68 bits per heavy atom. The molecule has 0 spiro atoms. The number of rotatable bonds is 5. The van der Waals surface area contributed by atoms with Crippen molar-refractivity contribution in [1.82, 2.24) is 4.98 Å². The molecule has 0 amide bonds. The summed E-state index contributed by atoms with van der Waals surface area (Å²) in [7, 11) is 0. The molecule has 1 aromatic heterocycles. The van der Waals surface area contributed by atoms with E-state index in [2.05, 4.69) is 15.5 Å². The van der Waals surface area contributed by atoms with Crippen LogP contribution in [0.5, 0.6) is 11.5 Å².